The Balaban J connectivity index is 1.77. The molecule has 3 rings (SSSR count). The summed E-state index contributed by atoms with van der Waals surface area (Å²) in [4.78, 5) is 38.0. The molecule has 0 aliphatic heterocycles. The lowest BCUT2D eigenvalue weighted by molar-refractivity contribution is -0.154. The van der Waals surface area contributed by atoms with Crippen molar-refractivity contribution >= 4 is 17.8 Å². The second-order valence-electron chi connectivity index (χ2n) is 8.61. The molecule has 0 spiro atoms. The first-order valence-electron chi connectivity index (χ1n) is 11.2. The van der Waals surface area contributed by atoms with Crippen LogP contribution in [0.5, 0.6) is 0 Å². The lowest BCUT2D eigenvalue weighted by Gasteiger charge is -2.26. The van der Waals surface area contributed by atoms with Gasteiger partial charge in [0.05, 0.1) is 5.92 Å². The van der Waals surface area contributed by atoms with E-state index in [1.807, 2.05) is 6.07 Å². The average molecular weight is 433 g/mol. The number of amides is 2. The number of nitrogens with one attached hydrogen (secondary N) is 2. The van der Waals surface area contributed by atoms with Gasteiger partial charge in [0, 0.05) is 0 Å². The molecule has 0 bridgehead atoms. The minimum atomic E-state index is -1.71. The van der Waals surface area contributed by atoms with Gasteiger partial charge in [-0.2, -0.15) is 0 Å². The SMILES string of the molecule is O=C(OC1CCCC1)[C@@H](NC(=O)[C@H](CC1CCCC1)[C@H](O)C(=O)NO)c1ccccc1. The molecule has 2 amide bonds. The van der Waals surface area contributed by atoms with Crippen LogP contribution >= 0.6 is 0 Å². The molecule has 2 aliphatic carbocycles. The number of carbonyl (C=O) groups excluding carboxylic acids is 3. The Kier molecular flexibility index (Phi) is 8.43. The van der Waals surface area contributed by atoms with E-state index >= 15 is 0 Å². The summed E-state index contributed by atoms with van der Waals surface area (Å²) >= 11 is 0. The van der Waals surface area contributed by atoms with Crippen LogP contribution in [0.3, 0.4) is 0 Å². The van der Waals surface area contributed by atoms with Crippen LogP contribution in [0.4, 0.5) is 0 Å². The molecule has 2 saturated carbocycles. The number of hydrogen-bond donors (Lipinski definition) is 4. The molecule has 0 saturated heterocycles. The third-order valence-electron chi connectivity index (χ3n) is 6.40. The van der Waals surface area contributed by atoms with E-state index in [-0.39, 0.29) is 12.0 Å². The Bertz CT molecular complexity index is 744. The first-order chi connectivity index (χ1) is 15.0. The molecule has 2 aliphatic rings. The summed E-state index contributed by atoms with van der Waals surface area (Å²) in [6, 6.07) is 7.75. The van der Waals surface area contributed by atoms with Gasteiger partial charge in [-0.05, 0) is 43.6 Å². The number of hydrogen-bond acceptors (Lipinski definition) is 6. The van der Waals surface area contributed by atoms with Gasteiger partial charge in [-0.15, -0.1) is 0 Å². The van der Waals surface area contributed by atoms with Crippen molar-refractivity contribution in [2.45, 2.75) is 76.0 Å². The molecule has 1 aromatic rings. The van der Waals surface area contributed by atoms with Crippen molar-refractivity contribution in [3.63, 3.8) is 0 Å². The highest BCUT2D eigenvalue weighted by Gasteiger charge is 2.37. The van der Waals surface area contributed by atoms with Gasteiger partial charge in [-0.1, -0.05) is 56.0 Å². The van der Waals surface area contributed by atoms with Gasteiger partial charge < -0.3 is 15.2 Å². The van der Waals surface area contributed by atoms with E-state index in [1.54, 1.807) is 24.3 Å². The van der Waals surface area contributed by atoms with Gasteiger partial charge in [0.15, 0.2) is 6.04 Å². The zero-order chi connectivity index (χ0) is 22.2. The number of aliphatic hydroxyl groups is 1. The quantitative estimate of drug-likeness (QED) is 0.270. The molecule has 0 radical (unpaired) electrons. The number of aliphatic hydroxyl groups excluding tert-OH is 1. The van der Waals surface area contributed by atoms with Gasteiger partial charge in [0.1, 0.15) is 12.2 Å². The maximum absolute atomic E-state index is 13.2. The summed E-state index contributed by atoms with van der Waals surface area (Å²) in [5.74, 6) is -3.08. The zero-order valence-electron chi connectivity index (χ0n) is 17.7. The second kappa shape index (κ2) is 11.2. The van der Waals surface area contributed by atoms with Crippen LogP contribution in [-0.4, -0.2) is 40.3 Å². The monoisotopic (exact) mass is 432 g/mol. The molecule has 0 unspecified atom stereocenters. The normalized spacial score (nSPS) is 20.1. The maximum atomic E-state index is 13.2. The van der Waals surface area contributed by atoms with Crippen LogP contribution in [0.1, 0.15) is 69.4 Å². The molecule has 0 aromatic heterocycles. The van der Waals surface area contributed by atoms with Gasteiger partial charge in [0.25, 0.3) is 5.91 Å². The fourth-order valence-electron chi connectivity index (χ4n) is 4.65. The van der Waals surface area contributed by atoms with Gasteiger partial charge in [-0.25, -0.2) is 10.3 Å². The Morgan fingerprint density at radius 2 is 1.58 bits per heavy atom. The van der Waals surface area contributed by atoms with E-state index in [4.69, 9.17) is 9.94 Å². The molecular weight excluding hydrogens is 400 g/mol. The minimum absolute atomic E-state index is 0.157. The van der Waals surface area contributed by atoms with Crippen LogP contribution in [0, 0.1) is 11.8 Å². The molecule has 8 heteroatoms. The first-order valence-corrected chi connectivity index (χ1v) is 11.2. The number of hydroxylamine groups is 1. The number of rotatable bonds is 9. The molecule has 31 heavy (non-hydrogen) atoms. The van der Waals surface area contributed by atoms with Crippen LogP contribution < -0.4 is 10.8 Å². The number of esters is 1. The molecular formula is C23H32N2O6. The number of ether oxygens (including phenoxy) is 1. The third-order valence-corrected chi connectivity index (χ3v) is 6.40. The van der Waals surface area contributed by atoms with Gasteiger partial charge in [-0.3, -0.25) is 14.8 Å². The van der Waals surface area contributed by atoms with E-state index in [0.29, 0.717) is 12.0 Å². The van der Waals surface area contributed by atoms with Crippen LogP contribution in [0.15, 0.2) is 30.3 Å². The second-order valence-corrected chi connectivity index (χ2v) is 8.61. The predicted octanol–water partition coefficient (Wildman–Crippen LogP) is 2.39. The van der Waals surface area contributed by atoms with Crippen LogP contribution in [-0.2, 0) is 19.1 Å². The van der Waals surface area contributed by atoms with Gasteiger partial charge >= 0.3 is 5.97 Å². The lowest BCUT2D eigenvalue weighted by atomic mass is 9.87. The average Bonchev–Trinajstić information content (AvgIpc) is 3.49. The summed E-state index contributed by atoms with van der Waals surface area (Å²) in [7, 11) is 0. The number of carbonyl (C=O) groups is 3. The van der Waals surface area contributed by atoms with E-state index in [2.05, 4.69) is 5.32 Å². The van der Waals surface area contributed by atoms with Gasteiger partial charge in [0.2, 0.25) is 5.91 Å². The molecule has 4 N–H and O–H groups in total. The highest BCUT2D eigenvalue weighted by Crippen LogP contribution is 2.32. The Hall–Kier alpha value is -2.45. The fraction of sp³-hybridized carbons (Fsp3) is 0.609. The highest BCUT2D eigenvalue weighted by molar-refractivity contribution is 5.91. The topological polar surface area (TPSA) is 125 Å². The predicted molar refractivity (Wildman–Crippen MR) is 112 cm³/mol. The van der Waals surface area contributed by atoms with E-state index in [9.17, 15) is 19.5 Å². The Morgan fingerprint density at radius 3 is 2.19 bits per heavy atom. The lowest BCUT2D eigenvalue weighted by Crippen LogP contribution is -2.48. The van der Waals surface area contributed by atoms with Crippen molar-refractivity contribution in [1.29, 1.82) is 0 Å². The van der Waals surface area contributed by atoms with E-state index in [1.165, 1.54) is 5.48 Å². The minimum Gasteiger partial charge on any atom is -0.461 e. The molecule has 0 heterocycles. The smallest absolute Gasteiger partial charge is 0.333 e. The standard InChI is InChI=1S/C23H32N2O6/c26-20(22(28)25-30)18(14-15-8-4-5-9-15)21(27)24-19(16-10-2-1-3-11-16)23(29)31-17-12-6-7-13-17/h1-3,10-11,15,17-20,26,30H,4-9,12-14H2,(H,24,27)(H,25,28)/t18-,19+,20+/m1/s1. The van der Waals surface area contributed by atoms with Crippen molar-refractivity contribution in [3.8, 4) is 0 Å². The van der Waals surface area contributed by atoms with Crippen molar-refractivity contribution in [3.05, 3.63) is 35.9 Å². The van der Waals surface area contributed by atoms with Crippen molar-refractivity contribution < 1.29 is 29.4 Å². The molecule has 2 fully saturated rings. The largest absolute Gasteiger partial charge is 0.461 e. The first kappa shape index (κ1) is 23.2. The molecule has 1 aromatic carbocycles. The third kappa shape index (κ3) is 6.27. The maximum Gasteiger partial charge on any atom is 0.333 e. The summed E-state index contributed by atoms with van der Waals surface area (Å²) in [5.41, 5.74) is 1.99. The summed E-state index contributed by atoms with van der Waals surface area (Å²) < 4.78 is 5.64. The molecule has 8 nitrogen and oxygen atoms in total. The summed E-state index contributed by atoms with van der Waals surface area (Å²) in [6.07, 6.45) is 5.98. The number of benzene rings is 1. The van der Waals surface area contributed by atoms with Crippen LogP contribution in [0.25, 0.3) is 0 Å². The van der Waals surface area contributed by atoms with Crippen molar-refractivity contribution in [1.82, 2.24) is 10.8 Å². The summed E-state index contributed by atoms with van der Waals surface area (Å²) in [6.45, 7) is 0. The fourth-order valence-corrected chi connectivity index (χ4v) is 4.65. The van der Waals surface area contributed by atoms with E-state index < -0.39 is 35.8 Å². The zero-order valence-corrected chi connectivity index (χ0v) is 17.7. The Labute approximate surface area is 182 Å². The highest BCUT2D eigenvalue weighted by atomic mass is 16.5. The van der Waals surface area contributed by atoms with Crippen molar-refractivity contribution in [2.75, 3.05) is 0 Å². The van der Waals surface area contributed by atoms with E-state index in [0.717, 1.165) is 51.4 Å². The molecule has 3 atom stereocenters. The van der Waals surface area contributed by atoms with Crippen molar-refractivity contribution in [2.24, 2.45) is 11.8 Å². The summed E-state index contributed by atoms with van der Waals surface area (Å²) in [5, 5.41) is 22.1. The van der Waals surface area contributed by atoms with Crippen LogP contribution in [0.2, 0.25) is 0 Å². The molecule has 170 valence electrons. The Morgan fingerprint density at radius 1 is 0.968 bits per heavy atom.